The number of aliphatic hydroxyl groups excluding tert-OH is 1. The third-order valence-corrected chi connectivity index (χ3v) is 14.1. The number of likely N-dealkylation sites (tertiary alicyclic amines) is 1. The third kappa shape index (κ3) is 4.75. The zero-order valence-electron chi connectivity index (χ0n) is 27.6. The topological polar surface area (TPSA) is 94.1 Å². The normalized spacial score (nSPS) is 39.6. The molecule has 6 fully saturated rings. The van der Waals surface area contributed by atoms with E-state index in [1.807, 2.05) is 35.2 Å². The molecule has 8 rings (SSSR count). The van der Waals surface area contributed by atoms with Gasteiger partial charge in [-0.1, -0.05) is 38.1 Å². The van der Waals surface area contributed by atoms with Crippen LogP contribution in [-0.4, -0.2) is 93.3 Å². The summed E-state index contributed by atoms with van der Waals surface area (Å²) < 4.78 is 0. The van der Waals surface area contributed by atoms with E-state index >= 15 is 0 Å². The maximum absolute atomic E-state index is 13.9. The van der Waals surface area contributed by atoms with Crippen molar-refractivity contribution in [3.8, 4) is 0 Å². The van der Waals surface area contributed by atoms with Gasteiger partial charge in [-0.05, 0) is 99.0 Å². The first-order chi connectivity index (χ1) is 22.2. The zero-order valence-corrected chi connectivity index (χ0v) is 27.6. The van der Waals surface area contributed by atoms with Gasteiger partial charge in [0.05, 0.1) is 11.6 Å². The number of carbonyl (C=O) groups is 3. The summed E-state index contributed by atoms with van der Waals surface area (Å²) in [5, 5.41) is 12.5. The van der Waals surface area contributed by atoms with Gasteiger partial charge in [0.1, 0.15) is 17.5 Å². The van der Waals surface area contributed by atoms with E-state index in [0.29, 0.717) is 61.2 Å². The number of rotatable bonds is 3. The lowest BCUT2D eigenvalue weighted by Crippen LogP contribution is -2.62. The molecule has 0 radical (unpaired) electrons. The number of hydrogen-bond acceptors (Lipinski definition) is 6. The standard InChI is InChI=1S/C38H50N4O4/c1-37-16-15-28-26(27(37)12-14-34(37)44)11-10-25-22-33(43)32(23-38(25,28)2)40-18-20-41(21-19-40)36(46)31-8-5-17-42(31)35(45)30-13-9-24-6-3-4-7-29(24)39-30/h3-4,6-7,9,13,25-28,31-33,43H,5,8,10-12,14-23H2,1-2H3/t25-,26-,27-,28-,31-,32-,33-,37-,38-/m0/s1. The molecule has 6 aliphatic rings. The minimum atomic E-state index is -0.439. The van der Waals surface area contributed by atoms with Crippen molar-refractivity contribution < 1.29 is 19.5 Å². The Bertz CT molecular complexity index is 1540. The molecule has 246 valence electrons. The molecule has 4 aliphatic carbocycles. The van der Waals surface area contributed by atoms with Crippen molar-refractivity contribution in [2.24, 2.45) is 34.5 Å². The Kier molecular flexibility index (Phi) is 7.56. The number of benzene rings is 1. The van der Waals surface area contributed by atoms with Crippen molar-refractivity contribution in [2.45, 2.75) is 96.2 Å². The predicted octanol–water partition coefficient (Wildman–Crippen LogP) is 4.93. The second-order valence-electron chi connectivity index (χ2n) is 16.1. The summed E-state index contributed by atoms with van der Waals surface area (Å²) in [4.78, 5) is 51.1. The van der Waals surface area contributed by atoms with Gasteiger partial charge in [-0.25, -0.2) is 4.98 Å². The summed E-state index contributed by atoms with van der Waals surface area (Å²) >= 11 is 0. The Morgan fingerprint density at radius 3 is 2.54 bits per heavy atom. The molecule has 2 aromatic rings. The van der Waals surface area contributed by atoms with Crippen molar-refractivity contribution in [1.29, 1.82) is 0 Å². The number of Topliss-reactive ketones (excluding diaryl/α,β-unsaturated/α-hetero) is 1. The number of hydrogen-bond donors (Lipinski definition) is 1. The molecule has 4 saturated carbocycles. The highest BCUT2D eigenvalue weighted by Crippen LogP contribution is 2.65. The zero-order chi connectivity index (χ0) is 31.8. The summed E-state index contributed by atoms with van der Waals surface area (Å²) in [6.07, 6.45) is 9.46. The molecule has 3 heterocycles. The van der Waals surface area contributed by atoms with E-state index in [9.17, 15) is 19.5 Å². The molecule has 46 heavy (non-hydrogen) atoms. The van der Waals surface area contributed by atoms with Gasteiger partial charge in [0.2, 0.25) is 5.91 Å². The highest BCUT2D eigenvalue weighted by molar-refractivity contribution is 5.98. The number of nitrogens with zero attached hydrogens (tertiary/aromatic N) is 4. The Labute approximate surface area is 272 Å². The van der Waals surface area contributed by atoms with Crippen LogP contribution in [0.4, 0.5) is 0 Å². The average Bonchev–Trinajstić information content (AvgIpc) is 3.68. The third-order valence-electron chi connectivity index (χ3n) is 14.1. The summed E-state index contributed by atoms with van der Waals surface area (Å²) in [6.45, 7) is 8.12. The number of amides is 2. The van der Waals surface area contributed by atoms with Gasteiger partial charge < -0.3 is 14.9 Å². The van der Waals surface area contributed by atoms with E-state index in [1.165, 1.54) is 12.8 Å². The van der Waals surface area contributed by atoms with Gasteiger partial charge in [0.25, 0.3) is 5.91 Å². The van der Waals surface area contributed by atoms with E-state index in [4.69, 9.17) is 0 Å². The summed E-state index contributed by atoms with van der Waals surface area (Å²) in [7, 11) is 0. The number of piperazine rings is 1. The number of carbonyl (C=O) groups excluding carboxylic acids is 3. The predicted molar refractivity (Wildman–Crippen MR) is 176 cm³/mol. The summed E-state index contributed by atoms with van der Waals surface area (Å²) in [6, 6.07) is 11.2. The van der Waals surface area contributed by atoms with E-state index in [2.05, 4.69) is 23.7 Å². The van der Waals surface area contributed by atoms with Crippen LogP contribution in [0.15, 0.2) is 36.4 Å². The molecule has 1 N–H and O–H groups in total. The molecular weight excluding hydrogens is 576 g/mol. The highest BCUT2D eigenvalue weighted by atomic mass is 16.3. The Hall–Kier alpha value is -2.84. The van der Waals surface area contributed by atoms with Crippen LogP contribution in [0.25, 0.3) is 10.9 Å². The van der Waals surface area contributed by atoms with Crippen LogP contribution in [0.3, 0.4) is 0 Å². The van der Waals surface area contributed by atoms with Crippen LogP contribution in [0.5, 0.6) is 0 Å². The first kappa shape index (κ1) is 30.5. The molecule has 2 amide bonds. The second-order valence-corrected chi connectivity index (χ2v) is 16.1. The number of ketones is 1. The molecule has 0 bridgehead atoms. The van der Waals surface area contributed by atoms with Crippen molar-refractivity contribution in [1.82, 2.24) is 19.7 Å². The lowest BCUT2D eigenvalue weighted by atomic mass is 9.44. The van der Waals surface area contributed by atoms with E-state index in [0.717, 1.165) is 68.9 Å². The maximum atomic E-state index is 13.9. The Balaban J connectivity index is 0.924. The molecule has 8 heteroatoms. The summed E-state index contributed by atoms with van der Waals surface area (Å²) in [5.41, 5.74) is 1.27. The molecule has 0 spiro atoms. The lowest BCUT2D eigenvalue weighted by Gasteiger charge is -2.62. The SMILES string of the molecule is C[C@]12C[C@H](N3CCN(C(=O)[C@@H]4CCCN4C(=O)c4ccc5ccccc5n4)CC3)[C@@H](O)C[C@@H]1CC[C@@H]1[C@@H]2CC[C@]2(C)C(=O)CC[C@@H]12. The lowest BCUT2D eigenvalue weighted by molar-refractivity contribution is -0.155. The fourth-order valence-corrected chi connectivity index (χ4v) is 11.5. The van der Waals surface area contributed by atoms with Gasteiger partial charge in [0.15, 0.2) is 0 Å². The van der Waals surface area contributed by atoms with E-state index in [-0.39, 0.29) is 34.8 Å². The van der Waals surface area contributed by atoms with Crippen molar-refractivity contribution in [3.63, 3.8) is 0 Å². The van der Waals surface area contributed by atoms with E-state index < -0.39 is 6.04 Å². The fourth-order valence-electron chi connectivity index (χ4n) is 11.5. The largest absolute Gasteiger partial charge is 0.391 e. The Morgan fingerprint density at radius 2 is 1.72 bits per heavy atom. The number of fused-ring (bicyclic) bond motifs is 6. The minimum Gasteiger partial charge on any atom is -0.391 e. The smallest absolute Gasteiger partial charge is 0.273 e. The van der Waals surface area contributed by atoms with Gasteiger partial charge >= 0.3 is 0 Å². The van der Waals surface area contributed by atoms with Crippen LogP contribution < -0.4 is 0 Å². The van der Waals surface area contributed by atoms with Crippen LogP contribution in [0.2, 0.25) is 0 Å². The molecule has 1 aromatic heterocycles. The number of pyridine rings is 1. The molecule has 2 saturated heterocycles. The van der Waals surface area contributed by atoms with Gasteiger partial charge in [-0.15, -0.1) is 0 Å². The maximum Gasteiger partial charge on any atom is 0.273 e. The van der Waals surface area contributed by atoms with Crippen LogP contribution in [0.1, 0.15) is 88.5 Å². The van der Waals surface area contributed by atoms with Gasteiger partial charge in [-0.3, -0.25) is 19.3 Å². The molecule has 2 aliphatic heterocycles. The second kappa shape index (κ2) is 11.4. The quantitative estimate of drug-likeness (QED) is 0.519. The monoisotopic (exact) mass is 626 g/mol. The molecule has 0 unspecified atom stereocenters. The van der Waals surface area contributed by atoms with Gasteiger partial charge in [-0.2, -0.15) is 0 Å². The highest BCUT2D eigenvalue weighted by Gasteiger charge is 2.61. The summed E-state index contributed by atoms with van der Waals surface area (Å²) in [5.74, 6) is 2.75. The van der Waals surface area contributed by atoms with Crippen molar-refractivity contribution in [2.75, 3.05) is 32.7 Å². The first-order valence-electron chi connectivity index (χ1n) is 18.1. The molecular formula is C38H50N4O4. The number of aromatic nitrogens is 1. The number of aliphatic hydroxyl groups is 1. The van der Waals surface area contributed by atoms with Crippen LogP contribution in [-0.2, 0) is 9.59 Å². The minimum absolute atomic E-state index is 0.0500. The average molecular weight is 627 g/mol. The van der Waals surface area contributed by atoms with E-state index in [1.54, 1.807) is 11.0 Å². The molecule has 8 nitrogen and oxygen atoms in total. The van der Waals surface area contributed by atoms with Crippen molar-refractivity contribution >= 4 is 28.5 Å². The van der Waals surface area contributed by atoms with Crippen LogP contribution >= 0.6 is 0 Å². The van der Waals surface area contributed by atoms with Crippen molar-refractivity contribution in [3.05, 3.63) is 42.1 Å². The first-order valence-corrected chi connectivity index (χ1v) is 18.1. The van der Waals surface area contributed by atoms with Crippen LogP contribution in [0, 0.1) is 34.5 Å². The van der Waals surface area contributed by atoms with Gasteiger partial charge in [0, 0.05) is 56.0 Å². The Morgan fingerprint density at radius 1 is 0.913 bits per heavy atom. The number of para-hydroxylation sites is 1. The molecule has 9 atom stereocenters. The molecule has 1 aromatic carbocycles. The fraction of sp³-hybridized carbons (Fsp3) is 0.684.